The van der Waals surface area contributed by atoms with Crippen LogP contribution in [0.4, 0.5) is 11.5 Å². The quantitative estimate of drug-likeness (QED) is 0.718. The topological polar surface area (TPSA) is 67.3 Å². The van der Waals surface area contributed by atoms with Crippen LogP contribution >= 0.6 is 0 Å². The lowest BCUT2D eigenvalue weighted by Gasteiger charge is -2.17. The normalized spacial score (nSPS) is 12.5. The van der Waals surface area contributed by atoms with Gasteiger partial charge < -0.3 is 15.0 Å². The molecule has 0 atom stereocenters. The highest BCUT2D eigenvalue weighted by Crippen LogP contribution is 2.32. The summed E-state index contributed by atoms with van der Waals surface area (Å²) < 4.78 is 5.22. The molecule has 1 aliphatic heterocycles. The number of anilines is 2. The minimum Gasteiger partial charge on any atom is -0.497 e. The molecule has 1 aliphatic rings. The summed E-state index contributed by atoms with van der Waals surface area (Å²) in [5, 5.41) is 11.3. The monoisotopic (exact) mass is 374 g/mol. The fourth-order valence-corrected chi connectivity index (χ4v) is 3.41. The molecule has 142 valence electrons. The first-order valence-corrected chi connectivity index (χ1v) is 9.35. The molecular formula is C22H22N4O2. The molecule has 0 saturated carbocycles. The van der Waals surface area contributed by atoms with Gasteiger partial charge in [-0.1, -0.05) is 30.3 Å². The van der Waals surface area contributed by atoms with Crippen LogP contribution in [-0.2, 0) is 12.8 Å². The number of ether oxygens (including phenoxy) is 1. The summed E-state index contributed by atoms with van der Waals surface area (Å²) in [5.74, 6) is 1.36. The number of carbonyl (C=O) groups excluding carboxylic acids is 1. The number of rotatable bonds is 6. The fourth-order valence-electron chi connectivity index (χ4n) is 3.41. The predicted octanol–water partition coefficient (Wildman–Crippen LogP) is 3.15. The van der Waals surface area contributed by atoms with Crippen LogP contribution in [0.3, 0.4) is 0 Å². The van der Waals surface area contributed by atoms with E-state index in [9.17, 15) is 4.79 Å². The largest absolute Gasteiger partial charge is 0.497 e. The Morgan fingerprint density at radius 1 is 1.11 bits per heavy atom. The Labute approximate surface area is 164 Å². The van der Waals surface area contributed by atoms with Gasteiger partial charge in [0.15, 0.2) is 11.5 Å². The van der Waals surface area contributed by atoms with Gasteiger partial charge in [-0.2, -0.15) is 0 Å². The van der Waals surface area contributed by atoms with Crippen LogP contribution in [0.2, 0.25) is 0 Å². The van der Waals surface area contributed by atoms with Crippen molar-refractivity contribution >= 4 is 17.4 Å². The molecule has 1 N–H and O–H groups in total. The van der Waals surface area contributed by atoms with Crippen molar-refractivity contribution in [2.45, 2.75) is 12.8 Å². The van der Waals surface area contributed by atoms with Gasteiger partial charge in [0.25, 0.3) is 5.91 Å². The van der Waals surface area contributed by atoms with Crippen molar-refractivity contribution in [2.75, 3.05) is 25.1 Å². The van der Waals surface area contributed by atoms with Crippen molar-refractivity contribution in [2.24, 2.45) is 0 Å². The van der Waals surface area contributed by atoms with Gasteiger partial charge in [0.05, 0.1) is 7.11 Å². The third-order valence-corrected chi connectivity index (χ3v) is 4.88. The number of hydrogen-bond donors (Lipinski definition) is 1. The average Bonchev–Trinajstić information content (AvgIpc) is 3.18. The minimum absolute atomic E-state index is 0.219. The van der Waals surface area contributed by atoms with Gasteiger partial charge in [0.1, 0.15) is 5.75 Å². The molecule has 2 aromatic carbocycles. The summed E-state index contributed by atoms with van der Waals surface area (Å²) in [7, 11) is 1.64. The van der Waals surface area contributed by atoms with Gasteiger partial charge in [0, 0.05) is 18.8 Å². The molecule has 2 heterocycles. The third-order valence-electron chi connectivity index (χ3n) is 4.88. The number of fused-ring (bicyclic) bond motifs is 1. The van der Waals surface area contributed by atoms with Crippen molar-refractivity contribution in [3.05, 3.63) is 77.5 Å². The summed E-state index contributed by atoms with van der Waals surface area (Å²) in [4.78, 5) is 14.5. The maximum Gasteiger partial charge on any atom is 0.271 e. The summed E-state index contributed by atoms with van der Waals surface area (Å²) in [6, 6.07) is 19.7. The molecule has 0 saturated heterocycles. The van der Waals surface area contributed by atoms with E-state index in [1.165, 1.54) is 5.56 Å². The first-order chi connectivity index (χ1) is 13.7. The van der Waals surface area contributed by atoms with Crippen molar-refractivity contribution in [3.63, 3.8) is 0 Å². The molecule has 6 heteroatoms. The number of methoxy groups -OCH3 is 1. The molecule has 28 heavy (non-hydrogen) atoms. The number of para-hydroxylation sites is 1. The maximum atomic E-state index is 12.3. The van der Waals surface area contributed by atoms with Gasteiger partial charge in [-0.3, -0.25) is 4.79 Å². The standard InChI is InChI=1S/C22H22N4O2/c1-28-18-7-4-5-16(15-18)11-13-23-22(27)19-9-10-21(25-24-19)26-14-12-17-6-2-3-8-20(17)26/h2-10,15H,11-14H2,1H3,(H,23,27). The van der Waals surface area contributed by atoms with Crippen LogP contribution in [0.15, 0.2) is 60.7 Å². The van der Waals surface area contributed by atoms with E-state index in [1.807, 2.05) is 42.5 Å². The maximum absolute atomic E-state index is 12.3. The SMILES string of the molecule is COc1cccc(CCNC(=O)c2ccc(N3CCc4ccccc43)nn2)c1. The van der Waals surface area contributed by atoms with Crippen LogP contribution < -0.4 is 15.0 Å². The van der Waals surface area contributed by atoms with Crippen molar-refractivity contribution < 1.29 is 9.53 Å². The fraction of sp³-hybridized carbons (Fsp3) is 0.227. The molecule has 0 bridgehead atoms. The first kappa shape index (κ1) is 18.0. The molecule has 6 nitrogen and oxygen atoms in total. The van der Waals surface area contributed by atoms with Crippen LogP contribution in [0.1, 0.15) is 21.6 Å². The zero-order valence-electron chi connectivity index (χ0n) is 15.8. The molecule has 0 fully saturated rings. The van der Waals surface area contributed by atoms with Crippen molar-refractivity contribution in [1.29, 1.82) is 0 Å². The average molecular weight is 374 g/mol. The Morgan fingerprint density at radius 3 is 2.82 bits per heavy atom. The Kier molecular flexibility index (Phi) is 5.19. The molecule has 0 unspecified atom stereocenters. The first-order valence-electron chi connectivity index (χ1n) is 9.35. The highest BCUT2D eigenvalue weighted by atomic mass is 16.5. The Balaban J connectivity index is 1.35. The number of hydrogen-bond acceptors (Lipinski definition) is 5. The van der Waals surface area contributed by atoms with E-state index < -0.39 is 0 Å². The third kappa shape index (κ3) is 3.81. The van der Waals surface area contributed by atoms with E-state index in [-0.39, 0.29) is 5.91 Å². The Bertz CT molecular complexity index is 972. The van der Waals surface area contributed by atoms with E-state index in [0.29, 0.717) is 12.2 Å². The minimum atomic E-state index is -0.219. The molecule has 0 spiro atoms. The summed E-state index contributed by atoms with van der Waals surface area (Å²) in [5.41, 5.74) is 3.90. The lowest BCUT2D eigenvalue weighted by atomic mass is 10.1. The summed E-state index contributed by atoms with van der Waals surface area (Å²) in [6.45, 7) is 1.40. The zero-order valence-corrected chi connectivity index (χ0v) is 15.8. The van der Waals surface area contributed by atoms with Crippen LogP contribution in [0.5, 0.6) is 5.75 Å². The second-order valence-electron chi connectivity index (χ2n) is 6.66. The number of carbonyl (C=O) groups is 1. The Hall–Kier alpha value is -3.41. The van der Waals surface area contributed by atoms with Gasteiger partial charge in [-0.05, 0) is 54.3 Å². The second-order valence-corrected chi connectivity index (χ2v) is 6.66. The van der Waals surface area contributed by atoms with E-state index in [1.54, 1.807) is 13.2 Å². The molecule has 4 rings (SSSR count). The smallest absolute Gasteiger partial charge is 0.271 e. The Morgan fingerprint density at radius 2 is 2.00 bits per heavy atom. The van der Waals surface area contributed by atoms with E-state index in [0.717, 1.165) is 42.2 Å². The number of nitrogens with zero attached hydrogens (tertiary/aromatic N) is 3. The van der Waals surface area contributed by atoms with Crippen LogP contribution in [0, 0.1) is 0 Å². The van der Waals surface area contributed by atoms with Crippen LogP contribution in [-0.4, -0.2) is 36.3 Å². The summed E-state index contributed by atoms with van der Waals surface area (Å²) in [6.07, 6.45) is 1.71. The van der Waals surface area contributed by atoms with E-state index >= 15 is 0 Å². The van der Waals surface area contributed by atoms with Gasteiger partial charge >= 0.3 is 0 Å². The van der Waals surface area contributed by atoms with Crippen LogP contribution in [0.25, 0.3) is 0 Å². The number of aromatic nitrogens is 2. The lowest BCUT2D eigenvalue weighted by molar-refractivity contribution is 0.0948. The van der Waals surface area contributed by atoms with Gasteiger partial charge in [0.2, 0.25) is 0 Å². The molecule has 0 radical (unpaired) electrons. The number of amides is 1. The summed E-state index contributed by atoms with van der Waals surface area (Å²) >= 11 is 0. The molecule has 0 aliphatic carbocycles. The number of benzene rings is 2. The number of nitrogens with one attached hydrogen (secondary N) is 1. The molecule has 1 aromatic heterocycles. The zero-order chi connectivity index (χ0) is 19.3. The lowest BCUT2D eigenvalue weighted by Crippen LogP contribution is -2.27. The highest BCUT2D eigenvalue weighted by molar-refractivity contribution is 5.92. The van der Waals surface area contributed by atoms with E-state index in [4.69, 9.17) is 4.74 Å². The van der Waals surface area contributed by atoms with Crippen molar-refractivity contribution in [3.8, 4) is 5.75 Å². The molecular weight excluding hydrogens is 352 g/mol. The van der Waals surface area contributed by atoms with E-state index in [2.05, 4.69) is 32.5 Å². The van der Waals surface area contributed by atoms with Crippen molar-refractivity contribution in [1.82, 2.24) is 15.5 Å². The second kappa shape index (κ2) is 8.08. The molecule has 3 aromatic rings. The predicted molar refractivity (Wildman–Crippen MR) is 108 cm³/mol. The van der Waals surface area contributed by atoms with Gasteiger partial charge in [-0.25, -0.2) is 0 Å². The molecule has 1 amide bonds. The highest BCUT2D eigenvalue weighted by Gasteiger charge is 2.21. The van der Waals surface area contributed by atoms with Gasteiger partial charge in [-0.15, -0.1) is 10.2 Å².